The molecule has 1 unspecified atom stereocenters. The Bertz CT molecular complexity index is 1340. The maximum atomic E-state index is 14.1. The molecule has 2 aromatic carbocycles. The second kappa shape index (κ2) is 11.3. The first-order chi connectivity index (χ1) is 19.6. The van der Waals surface area contributed by atoms with Crippen molar-refractivity contribution in [3.8, 4) is 0 Å². The van der Waals surface area contributed by atoms with Crippen LogP contribution in [-0.2, 0) is 21.9 Å². The lowest BCUT2D eigenvalue weighted by molar-refractivity contribution is -0.143. The number of hydrogen-bond donors (Lipinski definition) is 1. The Morgan fingerprint density at radius 1 is 0.952 bits per heavy atom. The van der Waals surface area contributed by atoms with Gasteiger partial charge in [-0.3, -0.25) is 4.79 Å². The molecule has 4 nitrogen and oxygen atoms in total. The number of aliphatic hydroxyl groups excluding tert-OH is 1. The third kappa shape index (κ3) is 6.08. The molecular weight excluding hydrogens is 567 g/mol. The maximum absolute atomic E-state index is 14.1. The number of allylic oxidation sites excluding steroid dienone is 2. The summed E-state index contributed by atoms with van der Waals surface area (Å²) in [6.07, 6.45) is -8.42. The summed E-state index contributed by atoms with van der Waals surface area (Å²) in [5.74, 6) is -1.34. The highest BCUT2D eigenvalue weighted by Crippen LogP contribution is 2.51. The summed E-state index contributed by atoms with van der Waals surface area (Å²) in [5, 5.41) is 11.3. The van der Waals surface area contributed by atoms with E-state index in [9.17, 15) is 40.6 Å². The summed E-state index contributed by atoms with van der Waals surface area (Å²) in [5.41, 5.74) is -0.971. The molecule has 3 aliphatic rings. The normalized spacial score (nSPS) is 27.6. The molecular formula is C31H32F7NO3. The van der Waals surface area contributed by atoms with Crippen LogP contribution in [-0.4, -0.2) is 34.7 Å². The molecule has 0 aromatic heterocycles. The van der Waals surface area contributed by atoms with Crippen LogP contribution in [0.5, 0.6) is 0 Å². The summed E-state index contributed by atoms with van der Waals surface area (Å²) in [6, 6.07) is 5.75. The van der Waals surface area contributed by atoms with Gasteiger partial charge in [-0.2, -0.15) is 26.3 Å². The lowest BCUT2D eigenvalue weighted by Gasteiger charge is -2.41. The lowest BCUT2D eigenvalue weighted by atomic mass is 9.68. The molecule has 1 heterocycles. The number of carbonyl (C=O) groups is 1. The molecule has 0 amide bonds. The topological polar surface area (TPSA) is 49.8 Å². The minimum absolute atomic E-state index is 0.0152. The molecule has 228 valence electrons. The van der Waals surface area contributed by atoms with Crippen molar-refractivity contribution in [2.75, 3.05) is 6.54 Å². The van der Waals surface area contributed by atoms with Crippen LogP contribution in [0.1, 0.15) is 78.9 Å². The molecule has 2 fully saturated rings. The molecule has 0 bridgehead atoms. The van der Waals surface area contributed by atoms with Crippen molar-refractivity contribution in [1.29, 1.82) is 0 Å². The summed E-state index contributed by atoms with van der Waals surface area (Å²) >= 11 is 0. The number of hydrogen-bond acceptors (Lipinski definition) is 4. The Kier molecular flexibility index (Phi) is 8.21. The van der Waals surface area contributed by atoms with Gasteiger partial charge >= 0.3 is 12.4 Å². The van der Waals surface area contributed by atoms with Gasteiger partial charge in [0.05, 0.1) is 23.3 Å². The van der Waals surface area contributed by atoms with Crippen molar-refractivity contribution in [1.82, 2.24) is 4.90 Å². The SMILES string of the molecule is Cc1cc(F)ccc1[C@H]1[C@@H]2CN(C3=CC(=O)CCC3)C(O)[C@H]2CC[C@@H]1O[C@H](C)c1cc(C(F)(F)F)cc(C(F)(F)F)c1. The molecule has 2 aliphatic carbocycles. The Hall–Kier alpha value is -2.92. The van der Waals surface area contributed by atoms with Crippen LogP contribution < -0.4 is 0 Å². The predicted molar refractivity (Wildman–Crippen MR) is 139 cm³/mol. The first kappa shape index (κ1) is 30.5. The largest absolute Gasteiger partial charge is 0.416 e. The number of aryl methyl sites for hydroxylation is 1. The summed E-state index contributed by atoms with van der Waals surface area (Å²) in [4.78, 5) is 13.9. The fourth-order valence-electron chi connectivity index (χ4n) is 6.92. The third-order valence-electron chi connectivity index (χ3n) is 8.91. The van der Waals surface area contributed by atoms with Crippen molar-refractivity contribution in [3.05, 3.63) is 81.8 Å². The van der Waals surface area contributed by atoms with E-state index in [1.165, 1.54) is 19.1 Å². The Morgan fingerprint density at radius 2 is 1.62 bits per heavy atom. The number of fused-ring (bicyclic) bond motifs is 1. The number of halogens is 7. The molecule has 0 spiro atoms. The van der Waals surface area contributed by atoms with Crippen LogP contribution in [0.15, 0.2) is 48.2 Å². The van der Waals surface area contributed by atoms with E-state index in [0.29, 0.717) is 56.3 Å². The van der Waals surface area contributed by atoms with E-state index >= 15 is 0 Å². The number of rotatable bonds is 5. The lowest BCUT2D eigenvalue weighted by Crippen LogP contribution is -2.40. The van der Waals surface area contributed by atoms with Gasteiger partial charge in [-0.25, -0.2) is 4.39 Å². The second-order valence-corrected chi connectivity index (χ2v) is 11.6. The number of ketones is 1. The number of carbonyl (C=O) groups excluding carboxylic acids is 1. The highest BCUT2D eigenvalue weighted by Gasteiger charge is 2.51. The molecule has 11 heteroatoms. The van der Waals surface area contributed by atoms with Gasteiger partial charge in [0.25, 0.3) is 0 Å². The summed E-state index contributed by atoms with van der Waals surface area (Å²) < 4.78 is 102. The van der Waals surface area contributed by atoms with Gasteiger partial charge in [-0.05, 0) is 92.5 Å². The average molecular weight is 600 g/mol. The number of aliphatic hydroxyl groups is 1. The van der Waals surface area contributed by atoms with Crippen molar-refractivity contribution in [3.63, 3.8) is 0 Å². The monoisotopic (exact) mass is 599 g/mol. The molecule has 1 saturated carbocycles. The minimum atomic E-state index is -4.99. The number of benzene rings is 2. The van der Waals surface area contributed by atoms with Crippen LogP contribution in [0.3, 0.4) is 0 Å². The Balaban J connectivity index is 1.50. The van der Waals surface area contributed by atoms with E-state index in [0.717, 1.165) is 11.3 Å². The second-order valence-electron chi connectivity index (χ2n) is 11.6. The van der Waals surface area contributed by atoms with Crippen LogP contribution >= 0.6 is 0 Å². The zero-order valence-electron chi connectivity index (χ0n) is 23.1. The first-order valence-electron chi connectivity index (χ1n) is 14.0. The molecule has 1 saturated heterocycles. The van der Waals surface area contributed by atoms with Crippen molar-refractivity contribution < 1.29 is 45.4 Å². The molecule has 1 N–H and O–H groups in total. The Labute approximate surface area is 239 Å². The zero-order chi connectivity index (χ0) is 30.6. The van der Waals surface area contributed by atoms with Crippen molar-refractivity contribution >= 4 is 5.78 Å². The van der Waals surface area contributed by atoms with Crippen LogP contribution in [0, 0.1) is 24.6 Å². The molecule has 6 atom stereocenters. The van der Waals surface area contributed by atoms with Crippen molar-refractivity contribution in [2.45, 2.75) is 82.7 Å². The number of nitrogens with zero attached hydrogens (tertiary/aromatic N) is 1. The fourth-order valence-corrected chi connectivity index (χ4v) is 6.92. The van der Waals surface area contributed by atoms with Crippen LogP contribution in [0.25, 0.3) is 0 Å². The van der Waals surface area contributed by atoms with Crippen LogP contribution in [0.2, 0.25) is 0 Å². The van der Waals surface area contributed by atoms with Gasteiger partial charge in [0.2, 0.25) is 0 Å². The van der Waals surface area contributed by atoms with Gasteiger partial charge in [-0.15, -0.1) is 0 Å². The predicted octanol–water partition coefficient (Wildman–Crippen LogP) is 7.70. The fraction of sp³-hybridized carbons (Fsp3) is 0.516. The molecule has 2 aromatic rings. The maximum Gasteiger partial charge on any atom is 0.416 e. The first-order valence-corrected chi connectivity index (χ1v) is 14.0. The van der Waals surface area contributed by atoms with Gasteiger partial charge in [0.15, 0.2) is 5.78 Å². The van der Waals surface area contributed by atoms with Crippen molar-refractivity contribution in [2.24, 2.45) is 11.8 Å². The minimum Gasteiger partial charge on any atom is -0.373 e. The third-order valence-corrected chi connectivity index (χ3v) is 8.91. The van der Waals surface area contributed by atoms with E-state index in [1.54, 1.807) is 19.1 Å². The van der Waals surface area contributed by atoms with E-state index in [2.05, 4.69) is 0 Å². The van der Waals surface area contributed by atoms with E-state index in [1.807, 2.05) is 4.90 Å². The highest BCUT2D eigenvalue weighted by atomic mass is 19.4. The van der Waals surface area contributed by atoms with E-state index in [-0.39, 0.29) is 29.2 Å². The smallest absolute Gasteiger partial charge is 0.373 e. The Morgan fingerprint density at radius 3 is 2.21 bits per heavy atom. The molecule has 0 radical (unpaired) electrons. The van der Waals surface area contributed by atoms with Crippen LogP contribution in [0.4, 0.5) is 30.7 Å². The van der Waals surface area contributed by atoms with E-state index < -0.39 is 53.7 Å². The van der Waals surface area contributed by atoms with Gasteiger partial charge in [0.1, 0.15) is 12.0 Å². The summed E-state index contributed by atoms with van der Waals surface area (Å²) in [7, 11) is 0. The van der Waals surface area contributed by atoms with Gasteiger partial charge in [-0.1, -0.05) is 6.07 Å². The molecule has 5 rings (SSSR count). The molecule has 42 heavy (non-hydrogen) atoms. The zero-order valence-corrected chi connectivity index (χ0v) is 23.1. The number of ether oxygens (including phenoxy) is 1. The highest BCUT2D eigenvalue weighted by molar-refractivity contribution is 5.91. The van der Waals surface area contributed by atoms with Gasteiger partial charge in [0, 0.05) is 36.6 Å². The standard InChI is InChI=1S/C31H32F7NO3/c1-16-10-21(32)6-7-24(16)28-26-15-39(22-4-3-5-23(40)14-22)29(41)25(26)8-9-27(28)42-17(2)18-11-19(30(33,34)35)13-20(12-18)31(36,37)38/h6-7,10-14,17,25-29,41H,3-5,8-9,15H2,1-2H3/t17-,25+,26-,27+,28+,29?/m1/s1. The van der Waals surface area contributed by atoms with Gasteiger partial charge < -0.3 is 14.7 Å². The quantitative estimate of drug-likeness (QED) is 0.358. The number of likely N-dealkylation sites (tertiary alicyclic amines) is 1. The molecule has 1 aliphatic heterocycles. The average Bonchev–Trinajstić information content (AvgIpc) is 3.24. The van der Waals surface area contributed by atoms with E-state index in [4.69, 9.17) is 4.74 Å². The number of alkyl halides is 6. The summed E-state index contributed by atoms with van der Waals surface area (Å²) in [6.45, 7) is 3.53.